The predicted molar refractivity (Wildman–Crippen MR) is 102 cm³/mol. The van der Waals surface area contributed by atoms with Gasteiger partial charge < -0.3 is 6.16 Å². The molecule has 25 heavy (non-hydrogen) atoms. The van der Waals surface area contributed by atoms with Gasteiger partial charge >= 0.3 is 68.9 Å². The van der Waals surface area contributed by atoms with E-state index in [9.17, 15) is 0 Å². The van der Waals surface area contributed by atoms with E-state index >= 15 is 0 Å². The molecule has 4 rings (SSSR count). The topological polar surface area (TPSA) is 22.1 Å². The third-order valence-corrected chi connectivity index (χ3v) is 4.21. The molecule has 120 valence electrons. The largest absolute Gasteiger partial charge is 1.00 e. The average molecular weight is 447 g/mol. The van der Waals surface area contributed by atoms with Crippen molar-refractivity contribution in [2.24, 2.45) is 0 Å². The molecule has 0 fully saturated rings. The molecule has 0 atom stereocenters. The number of pyridine rings is 1. The Kier molecular flexibility index (Phi) is 6.61. The molecule has 2 nitrogen and oxygen atoms in total. The van der Waals surface area contributed by atoms with Crippen molar-refractivity contribution in [3.05, 3.63) is 72.8 Å². The number of hydrogen-bond acceptors (Lipinski definition) is 2. The molecular weight excluding hydrogens is 427 g/mol. The minimum absolute atomic E-state index is 0. The van der Waals surface area contributed by atoms with Gasteiger partial charge in [0.05, 0.1) is 17.8 Å². The standard InChI is InChI=1S/C22H19NO.Cs.H/c1-2-15-24-17-13-11-16(12-14-17)22-20-9-4-3-7-18(20)19-8-5-6-10-21(19)23-22;;/h3-14H,2,15H2,1H3;;/q;+1;-1. The van der Waals surface area contributed by atoms with Gasteiger partial charge in [0.2, 0.25) is 0 Å². The number of aromatic nitrogens is 1. The van der Waals surface area contributed by atoms with Crippen LogP contribution in [-0.4, -0.2) is 11.6 Å². The first-order chi connectivity index (χ1) is 11.9. The number of hydrogen-bond donors (Lipinski definition) is 0. The van der Waals surface area contributed by atoms with Crippen molar-refractivity contribution in [2.75, 3.05) is 6.61 Å². The second-order valence-corrected chi connectivity index (χ2v) is 5.90. The van der Waals surface area contributed by atoms with Crippen molar-refractivity contribution in [3.63, 3.8) is 0 Å². The smallest absolute Gasteiger partial charge is 1.00 e. The van der Waals surface area contributed by atoms with Crippen LogP contribution in [0.2, 0.25) is 0 Å². The van der Waals surface area contributed by atoms with Crippen LogP contribution in [0.3, 0.4) is 0 Å². The fourth-order valence-electron chi connectivity index (χ4n) is 3.05. The van der Waals surface area contributed by atoms with Gasteiger partial charge in [0.25, 0.3) is 0 Å². The van der Waals surface area contributed by atoms with Crippen LogP contribution in [0, 0.1) is 0 Å². The minimum atomic E-state index is 0. The van der Waals surface area contributed by atoms with E-state index in [0.717, 1.165) is 35.6 Å². The monoisotopic (exact) mass is 447 g/mol. The molecule has 0 saturated carbocycles. The number of fused-ring (bicyclic) bond motifs is 3. The first kappa shape index (κ1) is 19.0. The summed E-state index contributed by atoms with van der Waals surface area (Å²) in [4.78, 5) is 4.92. The summed E-state index contributed by atoms with van der Waals surface area (Å²) in [6.45, 7) is 2.86. The van der Waals surface area contributed by atoms with Crippen molar-refractivity contribution in [1.82, 2.24) is 4.98 Å². The van der Waals surface area contributed by atoms with E-state index in [1.165, 1.54) is 16.2 Å². The maximum absolute atomic E-state index is 5.68. The summed E-state index contributed by atoms with van der Waals surface area (Å²) in [5, 5.41) is 3.61. The summed E-state index contributed by atoms with van der Waals surface area (Å²) in [5.41, 5.74) is 3.16. The number of ether oxygens (including phenoxy) is 1. The summed E-state index contributed by atoms with van der Waals surface area (Å²) in [7, 11) is 0. The molecule has 3 heteroatoms. The quantitative estimate of drug-likeness (QED) is 0.449. The van der Waals surface area contributed by atoms with Gasteiger partial charge in [-0.15, -0.1) is 0 Å². The molecule has 0 aliphatic carbocycles. The third-order valence-electron chi connectivity index (χ3n) is 4.21. The molecule has 0 unspecified atom stereocenters. The van der Waals surface area contributed by atoms with E-state index < -0.39 is 0 Å². The van der Waals surface area contributed by atoms with Gasteiger partial charge in [-0.1, -0.05) is 49.4 Å². The van der Waals surface area contributed by atoms with Gasteiger partial charge in [-0.2, -0.15) is 0 Å². The van der Waals surface area contributed by atoms with E-state index in [1.807, 2.05) is 18.2 Å². The number of rotatable bonds is 4. The van der Waals surface area contributed by atoms with Crippen LogP contribution in [0.25, 0.3) is 32.9 Å². The zero-order valence-corrected chi connectivity index (χ0v) is 21.0. The Balaban J connectivity index is 0.00000121. The van der Waals surface area contributed by atoms with Gasteiger partial charge in [-0.3, -0.25) is 0 Å². The normalized spacial score (nSPS) is 10.6. The van der Waals surface area contributed by atoms with Gasteiger partial charge in [-0.25, -0.2) is 4.98 Å². The zero-order chi connectivity index (χ0) is 16.4. The second-order valence-electron chi connectivity index (χ2n) is 5.90. The molecule has 0 radical (unpaired) electrons. The molecule has 3 aromatic carbocycles. The van der Waals surface area contributed by atoms with Crippen molar-refractivity contribution in [3.8, 4) is 17.0 Å². The maximum Gasteiger partial charge on any atom is 1.00 e. The molecule has 0 aliphatic heterocycles. The fraction of sp³-hybridized carbons (Fsp3) is 0.136. The minimum Gasteiger partial charge on any atom is -1.00 e. The molecule has 0 saturated heterocycles. The summed E-state index contributed by atoms with van der Waals surface area (Å²) >= 11 is 0. The second kappa shape index (κ2) is 8.71. The van der Waals surface area contributed by atoms with Gasteiger partial charge in [-0.05, 0) is 42.1 Å². The van der Waals surface area contributed by atoms with E-state index in [0.29, 0.717) is 0 Å². The first-order valence-electron chi connectivity index (χ1n) is 8.37. The van der Waals surface area contributed by atoms with E-state index in [4.69, 9.17) is 9.72 Å². The Morgan fingerprint density at radius 1 is 0.800 bits per heavy atom. The van der Waals surface area contributed by atoms with E-state index in [-0.39, 0.29) is 70.3 Å². The first-order valence-corrected chi connectivity index (χ1v) is 8.37. The van der Waals surface area contributed by atoms with Crippen molar-refractivity contribution in [1.29, 1.82) is 0 Å². The summed E-state index contributed by atoms with van der Waals surface area (Å²) in [6, 6.07) is 25.0. The Morgan fingerprint density at radius 3 is 2.16 bits per heavy atom. The fourth-order valence-corrected chi connectivity index (χ4v) is 3.05. The maximum atomic E-state index is 5.68. The van der Waals surface area contributed by atoms with Crippen molar-refractivity contribution >= 4 is 21.7 Å². The third kappa shape index (κ3) is 3.97. The number of para-hydroxylation sites is 1. The summed E-state index contributed by atoms with van der Waals surface area (Å²) in [6.07, 6.45) is 1.01. The molecule has 0 aliphatic rings. The molecule has 0 N–H and O–H groups in total. The molecule has 1 aromatic heterocycles. The van der Waals surface area contributed by atoms with Crippen LogP contribution in [-0.2, 0) is 0 Å². The SMILES string of the molecule is CCCOc1ccc(-c2nc3ccccc3c3ccccc23)cc1.[Cs+].[H-]. The molecule has 0 amide bonds. The van der Waals surface area contributed by atoms with Crippen LogP contribution < -0.4 is 73.6 Å². The van der Waals surface area contributed by atoms with E-state index in [1.54, 1.807) is 0 Å². The Hall–Kier alpha value is -0.818. The molecule has 4 aromatic rings. The number of nitrogens with zero attached hydrogens (tertiary/aromatic N) is 1. The van der Waals surface area contributed by atoms with Crippen LogP contribution in [0.5, 0.6) is 5.75 Å². The average Bonchev–Trinajstić information content (AvgIpc) is 2.66. The van der Waals surface area contributed by atoms with Crippen LogP contribution >= 0.6 is 0 Å². The van der Waals surface area contributed by atoms with Crippen LogP contribution in [0.15, 0.2) is 72.8 Å². The Morgan fingerprint density at radius 2 is 1.44 bits per heavy atom. The molecule has 1 heterocycles. The van der Waals surface area contributed by atoms with Gasteiger partial charge in [0.15, 0.2) is 0 Å². The summed E-state index contributed by atoms with van der Waals surface area (Å²) < 4.78 is 5.68. The van der Waals surface area contributed by atoms with Crippen LogP contribution in [0.1, 0.15) is 14.8 Å². The molecule has 0 spiro atoms. The van der Waals surface area contributed by atoms with Crippen LogP contribution in [0.4, 0.5) is 0 Å². The molecule has 0 bridgehead atoms. The zero-order valence-electron chi connectivity index (χ0n) is 15.7. The van der Waals surface area contributed by atoms with Gasteiger partial charge in [0, 0.05) is 16.3 Å². The van der Waals surface area contributed by atoms with Crippen molar-refractivity contribution in [2.45, 2.75) is 13.3 Å². The van der Waals surface area contributed by atoms with Gasteiger partial charge in [0.1, 0.15) is 5.75 Å². The molecular formula is C22H20CsNO. The summed E-state index contributed by atoms with van der Waals surface area (Å²) in [5.74, 6) is 0.908. The Bertz CT molecular complexity index is 1000. The number of benzene rings is 3. The van der Waals surface area contributed by atoms with E-state index in [2.05, 4.69) is 61.5 Å². The Labute approximate surface area is 208 Å². The van der Waals surface area contributed by atoms with Crippen molar-refractivity contribution < 1.29 is 75.1 Å². The predicted octanol–water partition coefficient (Wildman–Crippen LogP) is 2.96.